The number of rotatable bonds is 5. The highest BCUT2D eigenvalue weighted by Crippen LogP contribution is 2.20. The Hall–Kier alpha value is -2.45. The standard InChI is InChI=1S/C15H13FN2O4S/c16-11-5-1-4-8-14(11)22-10-9-18-13-7-3-2-6-12(13)17-15(18)23(19,20)21/h1-8H,9-10H2,(H,19,20,21)/p-1. The van der Waals surface area contributed by atoms with Crippen molar-refractivity contribution >= 4 is 21.2 Å². The number of aromatic nitrogens is 2. The molecule has 0 aliphatic carbocycles. The highest BCUT2D eigenvalue weighted by Gasteiger charge is 2.15. The fraction of sp³-hybridized carbons (Fsp3) is 0.133. The number of fused-ring (bicyclic) bond motifs is 1. The molecule has 8 heteroatoms. The second-order valence-electron chi connectivity index (χ2n) is 4.77. The first-order valence-electron chi connectivity index (χ1n) is 6.75. The van der Waals surface area contributed by atoms with Gasteiger partial charge in [0.1, 0.15) is 6.61 Å². The Labute approximate surface area is 131 Å². The van der Waals surface area contributed by atoms with Crippen LogP contribution in [0.5, 0.6) is 5.75 Å². The second-order valence-corrected chi connectivity index (χ2v) is 6.04. The predicted molar refractivity (Wildman–Crippen MR) is 79.6 cm³/mol. The fourth-order valence-corrected chi connectivity index (χ4v) is 2.94. The van der Waals surface area contributed by atoms with Crippen LogP contribution in [0.4, 0.5) is 4.39 Å². The van der Waals surface area contributed by atoms with Gasteiger partial charge in [0, 0.05) is 0 Å². The van der Waals surface area contributed by atoms with Crippen molar-refractivity contribution in [1.29, 1.82) is 0 Å². The van der Waals surface area contributed by atoms with Crippen molar-refractivity contribution in [3.05, 3.63) is 54.3 Å². The largest absolute Gasteiger partial charge is 0.742 e. The molecule has 0 aliphatic heterocycles. The maximum absolute atomic E-state index is 13.5. The van der Waals surface area contributed by atoms with Crippen molar-refractivity contribution in [3.63, 3.8) is 0 Å². The summed E-state index contributed by atoms with van der Waals surface area (Å²) in [6.45, 7) is 0.0372. The van der Waals surface area contributed by atoms with E-state index >= 15 is 0 Å². The summed E-state index contributed by atoms with van der Waals surface area (Å²) in [5.41, 5.74) is 0.895. The summed E-state index contributed by atoms with van der Waals surface area (Å²) in [5.74, 6) is -0.455. The highest BCUT2D eigenvalue weighted by atomic mass is 32.2. The normalized spacial score (nSPS) is 11.7. The molecule has 0 spiro atoms. The molecule has 120 valence electrons. The first kappa shape index (κ1) is 15.4. The zero-order chi connectivity index (χ0) is 16.4. The van der Waals surface area contributed by atoms with E-state index in [2.05, 4.69) is 4.98 Å². The van der Waals surface area contributed by atoms with Crippen molar-refractivity contribution < 1.29 is 22.1 Å². The Bertz CT molecular complexity index is 953. The van der Waals surface area contributed by atoms with Crippen molar-refractivity contribution in [2.24, 2.45) is 0 Å². The molecule has 6 nitrogen and oxygen atoms in total. The molecule has 0 fully saturated rings. The van der Waals surface area contributed by atoms with Crippen LogP contribution < -0.4 is 4.74 Å². The van der Waals surface area contributed by atoms with Crippen molar-refractivity contribution in [3.8, 4) is 5.75 Å². The number of imidazole rings is 1. The molecule has 0 unspecified atom stereocenters. The van der Waals surface area contributed by atoms with Gasteiger partial charge in [0.2, 0.25) is 5.16 Å². The van der Waals surface area contributed by atoms with E-state index in [1.165, 1.54) is 22.8 Å². The van der Waals surface area contributed by atoms with Crippen molar-refractivity contribution in [1.82, 2.24) is 9.55 Å². The molecule has 3 aromatic rings. The summed E-state index contributed by atoms with van der Waals surface area (Å²) in [7, 11) is -4.73. The van der Waals surface area contributed by atoms with Crippen LogP contribution >= 0.6 is 0 Å². The third-order valence-electron chi connectivity index (χ3n) is 3.25. The Morgan fingerprint density at radius 3 is 2.57 bits per heavy atom. The lowest BCUT2D eigenvalue weighted by molar-refractivity contribution is 0.280. The lowest BCUT2D eigenvalue weighted by Gasteiger charge is -2.12. The van der Waals surface area contributed by atoms with Gasteiger partial charge in [-0.1, -0.05) is 24.3 Å². The molecule has 0 atom stereocenters. The average Bonchev–Trinajstić information content (AvgIpc) is 2.88. The quantitative estimate of drug-likeness (QED) is 0.667. The minimum Gasteiger partial charge on any atom is -0.742 e. The van der Waals surface area contributed by atoms with Gasteiger partial charge >= 0.3 is 0 Å². The van der Waals surface area contributed by atoms with E-state index in [4.69, 9.17) is 4.74 Å². The molecule has 0 saturated carbocycles. The van der Waals surface area contributed by atoms with Gasteiger partial charge in [-0.05, 0) is 24.3 Å². The molecule has 0 bridgehead atoms. The summed E-state index contributed by atoms with van der Waals surface area (Å²) in [5, 5.41) is -0.573. The molecule has 1 aromatic heterocycles. The van der Waals surface area contributed by atoms with Gasteiger partial charge < -0.3 is 13.9 Å². The van der Waals surface area contributed by atoms with Crippen LogP contribution in [0, 0.1) is 5.82 Å². The molecule has 0 aliphatic rings. The average molecular weight is 335 g/mol. The zero-order valence-corrected chi connectivity index (χ0v) is 12.7. The van der Waals surface area contributed by atoms with Crippen LogP contribution in [-0.2, 0) is 16.7 Å². The van der Waals surface area contributed by atoms with Crippen LogP contribution in [0.2, 0.25) is 0 Å². The molecular formula is C15H12FN2O4S-. The van der Waals surface area contributed by atoms with Gasteiger partial charge in [0.05, 0.1) is 17.6 Å². The highest BCUT2D eigenvalue weighted by molar-refractivity contribution is 7.85. The third kappa shape index (κ3) is 3.17. The first-order chi connectivity index (χ1) is 11.0. The minimum absolute atomic E-state index is 0.0101. The number of halogens is 1. The molecule has 2 aromatic carbocycles. The Morgan fingerprint density at radius 1 is 1.13 bits per heavy atom. The monoisotopic (exact) mass is 335 g/mol. The Morgan fingerprint density at radius 2 is 1.83 bits per heavy atom. The summed E-state index contributed by atoms with van der Waals surface area (Å²) in [6.07, 6.45) is 0. The molecule has 0 saturated heterocycles. The van der Waals surface area contributed by atoms with Gasteiger partial charge in [0.25, 0.3) is 0 Å². The fourth-order valence-electron chi connectivity index (χ4n) is 2.27. The van der Waals surface area contributed by atoms with E-state index in [9.17, 15) is 17.4 Å². The molecule has 0 N–H and O–H groups in total. The molecule has 1 heterocycles. The van der Waals surface area contributed by atoms with Crippen molar-refractivity contribution in [2.45, 2.75) is 11.7 Å². The molecular weight excluding hydrogens is 323 g/mol. The molecule has 3 rings (SSSR count). The van der Waals surface area contributed by atoms with Crippen LogP contribution in [0.1, 0.15) is 0 Å². The van der Waals surface area contributed by atoms with E-state index in [-0.39, 0.29) is 18.9 Å². The van der Waals surface area contributed by atoms with Gasteiger partial charge in [-0.15, -0.1) is 0 Å². The number of hydrogen-bond donors (Lipinski definition) is 0. The van der Waals surface area contributed by atoms with Crippen LogP contribution in [0.25, 0.3) is 11.0 Å². The number of benzene rings is 2. The predicted octanol–water partition coefficient (Wildman–Crippen LogP) is 2.16. The third-order valence-corrected chi connectivity index (χ3v) is 4.01. The van der Waals surface area contributed by atoms with Gasteiger partial charge in [-0.25, -0.2) is 17.8 Å². The van der Waals surface area contributed by atoms with E-state index in [0.29, 0.717) is 11.0 Å². The smallest absolute Gasteiger partial charge is 0.215 e. The van der Waals surface area contributed by atoms with Gasteiger partial charge in [0.15, 0.2) is 21.7 Å². The number of hydrogen-bond acceptors (Lipinski definition) is 5. The molecule has 23 heavy (non-hydrogen) atoms. The van der Waals surface area contributed by atoms with Gasteiger partial charge in [-0.2, -0.15) is 0 Å². The number of para-hydroxylation sites is 3. The summed E-state index contributed by atoms with van der Waals surface area (Å²) in [4.78, 5) is 3.86. The minimum atomic E-state index is -4.73. The first-order valence-corrected chi connectivity index (χ1v) is 8.16. The molecule has 0 amide bonds. The van der Waals surface area contributed by atoms with Crippen LogP contribution in [0.3, 0.4) is 0 Å². The second kappa shape index (κ2) is 5.98. The SMILES string of the molecule is O=S(=O)([O-])c1nc2ccccc2n1CCOc1ccccc1F. The van der Waals surface area contributed by atoms with E-state index in [1.54, 1.807) is 30.3 Å². The van der Waals surface area contributed by atoms with E-state index < -0.39 is 21.1 Å². The maximum atomic E-state index is 13.5. The van der Waals surface area contributed by atoms with Crippen LogP contribution in [-0.4, -0.2) is 29.1 Å². The van der Waals surface area contributed by atoms with E-state index in [0.717, 1.165) is 0 Å². The van der Waals surface area contributed by atoms with Gasteiger partial charge in [-0.3, -0.25) is 0 Å². The zero-order valence-electron chi connectivity index (χ0n) is 11.8. The molecule has 0 radical (unpaired) electrons. The summed E-state index contributed by atoms with van der Waals surface area (Å²) >= 11 is 0. The Kier molecular flexibility index (Phi) is 4.01. The Balaban J connectivity index is 1.89. The lowest BCUT2D eigenvalue weighted by Crippen LogP contribution is -2.14. The van der Waals surface area contributed by atoms with E-state index in [1.807, 2.05) is 0 Å². The topological polar surface area (TPSA) is 84.3 Å². The number of ether oxygens (including phenoxy) is 1. The summed E-state index contributed by atoms with van der Waals surface area (Å²) in [6, 6.07) is 12.5. The van der Waals surface area contributed by atoms with Crippen LogP contribution in [0.15, 0.2) is 53.7 Å². The lowest BCUT2D eigenvalue weighted by atomic mass is 10.3. The maximum Gasteiger partial charge on any atom is 0.215 e. The van der Waals surface area contributed by atoms with Crippen molar-refractivity contribution in [2.75, 3.05) is 6.61 Å². The number of nitrogens with zero attached hydrogens (tertiary/aromatic N) is 2. The summed E-state index contributed by atoms with van der Waals surface area (Å²) < 4.78 is 54.2.